The molecular formula is C20H39IN4O. The van der Waals surface area contributed by atoms with Crippen molar-refractivity contribution in [2.75, 3.05) is 39.8 Å². The largest absolute Gasteiger partial charge is 0.377 e. The molecule has 0 aromatic carbocycles. The van der Waals surface area contributed by atoms with E-state index < -0.39 is 0 Å². The third-order valence-electron chi connectivity index (χ3n) is 6.51. The minimum Gasteiger partial charge on any atom is -0.377 e. The Bertz CT molecular complexity index is 451. The van der Waals surface area contributed by atoms with Crippen molar-refractivity contribution < 1.29 is 4.74 Å². The van der Waals surface area contributed by atoms with Crippen LogP contribution in [0.4, 0.5) is 0 Å². The Morgan fingerprint density at radius 1 is 1.15 bits per heavy atom. The molecule has 2 aliphatic heterocycles. The summed E-state index contributed by atoms with van der Waals surface area (Å²) in [6, 6.07) is 0.477. The van der Waals surface area contributed by atoms with Crippen molar-refractivity contribution in [1.82, 2.24) is 15.5 Å². The van der Waals surface area contributed by atoms with Gasteiger partial charge in [-0.3, -0.25) is 4.99 Å². The fourth-order valence-corrected chi connectivity index (χ4v) is 4.99. The van der Waals surface area contributed by atoms with Crippen molar-refractivity contribution in [1.29, 1.82) is 0 Å². The Labute approximate surface area is 177 Å². The lowest BCUT2D eigenvalue weighted by Crippen LogP contribution is -2.67. The molecule has 2 heterocycles. The molecular weight excluding hydrogens is 439 g/mol. The fraction of sp³-hybridized carbons (Fsp3) is 0.950. The van der Waals surface area contributed by atoms with E-state index in [0.29, 0.717) is 18.1 Å². The van der Waals surface area contributed by atoms with Crippen LogP contribution in [0, 0.1) is 11.3 Å². The van der Waals surface area contributed by atoms with Gasteiger partial charge in [0.15, 0.2) is 5.96 Å². The molecule has 2 saturated heterocycles. The van der Waals surface area contributed by atoms with Crippen molar-refractivity contribution in [3.8, 4) is 0 Å². The highest BCUT2D eigenvalue weighted by Crippen LogP contribution is 2.52. The van der Waals surface area contributed by atoms with E-state index in [1.54, 1.807) is 0 Å². The summed E-state index contributed by atoms with van der Waals surface area (Å²) in [5, 5.41) is 7.17. The monoisotopic (exact) mass is 478 g/mol. The number of hydrogen-bond donors (Lipinski definition) is 2. The number of unbranched alkanes of at least 4 members (excludes halogenated alkanes) is 2. The lowest BCUT2D eigenvalue weighted by molar-refractivity contribution is -0.106. The highest BCUT2D eigenvalue weighted by Gasteiger charge is 2.59. The second-order valence-corrected chi connectivity index (χ2v) is 8.65. The van der Waals surface area contributed by atoms with Gasteiger partial charge in [-0.15, -0.1) is 24.0 Å². The number of halogens is 1. The summed E-state index contributed by atoms with van der Waals surface area (Å²) < 4.78 is 5.88. The van der Waals surface area contributed by atoms with Gasteiger partial charge in [0.05, 0.1) is 6.10 Å². The molecule has 1 saturated carbocycles. The summed E-state index contributed by atoms with van der Waals surface area (Å²) in [7, 11) is 1.87. The van der Waals surface area contributed by atoms with Crippen molar-refractivity contribution in [3.63, 3.8) is 0 Å². The summed E-state index contributed by atoms with van der Waals surface area (Å²) in [4.78, 5) is 7.06. The second kappa shape index (κ2) is 10.5. The molecule has 0 bridgehead atoms. The molecule has 3 rings (SSSR count). The molecule has 0 amide bonds. The van der Waals surface area contributed by atoms with Crippen LogP contribution in [0.25, 0.3) is 0 Å². The number of guanidine groups is 1. The van der Waals surface area contributed by atoms with Crippen LogP contribution >= 0.6 is 24.0 Å². The number of hydrogen-bond acceptors (Lipinski definition) is 3. The molecule has 1 aliphatic carbocycles. The number of rotatable bonds is 7. The molecule has 0 aromatic rings. The number of aliphatic imine (C=N–C) groups is 1. The third kappa shape index (κ3) is 5.25. The molecule has 3 aliphatic rings. The summed E-state index contributed by atoms with van der Waals surface area (Å²) in [6.07, 6.45) is 9.67. The Morgan fingerprint density at radius 3 is 2.65 bits per heavy atom. The molecule has 2 N–H and O–H groups in total. The highest BCUT2D eigenvalue weighted by molar-refractivity contribution is 14.0. The summed E-state index contributed by atoms with van der Waals surface area (Å²) in [6.45, 7) is 10.5. The van der Waals surface area contributed by atoms with Crippen LogP contribution < -0.4 is 10.6 Å². The first-order chi connectivity index (χ1) is 12.1. The topological polar surface area (TPSA) is 48.9 Å². The van der Waals surface area contributed by atoms with E-state index in [1.165, 1.54) is 64.6 Å². The van der Waals surface area contributed by atoms with Crippen LogP contribution in [0.1, 0.15) is 58.8 Å². The molecule has 0 spiro atoms. The zero-order chi connectivity index (χ0) is 17.7. The van der Waals surface area contributed by atoms with Gasteiger partial charge in [0.25, 0.3) is 0 Å². The number of fused-ring (bicyclic) bond motifs is 1. The van der Waals surface area contributed by atoms with Crippen LogP contribution in [0.15, 0.2) is 4.99 Å². The average Bonchev–Trinajstić information content (AvgIpc) is 3.08. The predicted octanol–water partition coefficient (Wildman–Crippen LogP) is 3.24. The van der Waals surface area contributed by atoms with E-state index >= 15 is 0 Å². The Morgan fingerprint density at radius 2 is 1.92 bits per heavy atom. The first kappa shape index (κ1) is 22.2. The number of likely N-dealkylation sites (tertiary alicyclic amines) is 1. The Hall–Kier alpha value is -0.0800. The average molecular weight is 478 g/mol. The van der Waals surface area contributed by atoms with Gasteiger partial charge >= 0.3 is 0 Å². The van der Waals surface area contributed by atoms with Crippen molar-refractivity contribution in [2.45, 2.75) is 70.9 Å². The van der Waals surface area contributed by atoms with Gasteiger partial charge < -0.3 is 20.3 Å². The van der Waals surface area contributed by atoms with Crippen molar-refractivity contribution in [3.05, 3.63) is 0 Å². The SMILES string of the molecule is CN=C(NCCCCCN1CCCCC1)NC1C2CCOC2C1(C)C.I. The van der Waals surface area contributed by atoms with Crippen LogP contribution in [-0.4, -0.2) is 62.8 Å². The van der Waals surface area contributed by atoms with Crippen molar-refractivity contribution >= 4 is 29.9 Å². The zero-order valence-electron chi connectivity index (χ0n) is 16.9. The van der Waals surface area contributed by atoms with E-state index in [2.05, 4.69) is 34.4 Å². The standard InChI is InChI=1S/C20H38N4O.HI/c1-20(2)17(16-10-15-25-18(16)20)23-19(21-3)22-11-6-4-7-12-24-13-8-5-9-14-24;/h16-18H,4-15H2,1-3H3,(H2,21,22,23);1H. The lowest BCUT2D eigenvalue weighted by atomic mass is 9.57. The fourth-order valence-electron chi connectivity index (χ4n) is 4.99. The number of piperidine rings is 1. The third-order valence-corrected chi connectivity index (χ3v) is 6.51. The molecule has 0 radical (unpaired) electrons. The van der Waals surface area contributed by atoms with Gasteiger partial charge in [-0.25, -0.2) is 0 Å². The second-order valence-electron chi connectivity index (χ2n) is 8.65. The van der Waals surface area contributed by atoms with Gasteiger partial charge in [-0.05, 0) is 51.7 Å². The molecule has 3 atom stereocenters. The predicted molar refractivity (Wildman–Crippen MR) is 119 cm³/mol. The molecule has 3 fully saturated rings. The van der Waals surface area contributed by atoms with Gasteiger partial charge in [0, 0.05) is 37.6 Å². The highest BCUT2D eigenvalue weighted by atomic mass is 127. The first-order valence-electron chi connectivity index (χ1n) is 10.4. The number of nitrogens with one attached hydrogen (secondary N) is 2. The maximum absolute atomic E-state index is 5.88. The summed E-state index contributed by atoms with van der Waals surface area (Å²) in [5.74, 6) is 1.61. The van der Waals surface area contributed by atoms with Crippen LogP contribution in [-0.2, 0) is 4.74 Å². The zero-order valence-corrected chi connectivity index (χ0v) is 19.3. The van der Waals surface area contributed by atoms with Crippen LogP contribution in [0.3, 0.4) is 0 Å². The van der Waals surface area contributed by atoms with Gasteiger partial charge in [0.2, 0.25) is 0 Å². The lowest BCUT2D eigenvalue weighted by Gasteiger charge is -2.54. The summed E-state index contributed by atoms with van der Waals surface area (Å²) >= 11 is 0. The molecule has 6 heteroatoms. The van der Waals surface area contributed by atoms with E-state index in [-0.39, 0.29) is 29.4 Å². The Kier molecular flexibility index (Phi) is 8.94. The molecule has 3 unspecified atom stereocenters. The molecule has 5 nitrogen and oxygen atoms in total. The minimum absolute atomic E-state index is 0. The minimum atomic E-state index is 0. The van der Waals surface area contributed by atoms with E-state index in [9.17, 15) is 0 Å². The quantitative estimate of drug-likeness (QED) is 0.255. The van der Waals surface area contributed by atoms with Crippen molar-refractivity contribution in [2.24, 2.45) is 16.3 Å². The van der Waals surface area contributed by atoms with E-state index in [0.717, 1.165) is 19.1 Å². The maximum Gasteiger partial charge on any atom is 0.191 e. The number of ether oxygens (including phenoxy) is 1. The van der Waals surface area contributed by atoms with E-state index in [1.807, 2.05) is 7.05 Å². The van der Waals surface area contributed by atoms with Gasteiger partial charge in [0.1, 0.15) is 0 Å². The number of nitrogens with zero attached hydrogens (tertiary/aromatic N) is 2. The molecule has 26 heavy (non-hydrogen) atoms. The molecule has 0 aromatic heterocycles. The van der Waals surface area contributed by atoms with Gasteiger partial charge in [-0.2, -0.15) is 0 Å². The van der Waals surface area contributed by atoms with Gasteiger partial charge in [-0.1, -0.05) is 26.7 Å². The summed E-state index contributed by atoms with van der Waals surface area (Å²) in [5.41, 5.74) is 0.202. The van der Waals surface area contributed by atoms with Crippen LogP contribution in [0.5, 0.6) is 0 Å². The first-order valence-corrected chi connectivity index (χ1v) is 10.4. The molecule has 152 valence electrons. The Balaban J connectivity index is 0.00000243. The normalized spacial score (nSPS) is 30.9. The van der Waals surface area contributed by atoms with E-state index in [4.69, 9.17) is 4.74 Å². The van der Waals surface area contributed by atoms with Crippen LogP contribution in [0.2, 0.25) is 0 Å². The maximum atomic E-state index is 5.88. The smallest absolute Gasteiger partial charge is 0.191 e.